The number of sulfonamides is 1. The summed E-state index contributed by atoms with van der Waals surface area (Å²) < 4.78 is 108. The van der Waals surface area contributed by atoms with Crippen LogP contribution in [0.1, 0.15) is 24.5 Å². The van der Waals surface area contributed by atoms with Gasteiger partial charge in [-0.2, -0.15) is 26.3 Å². The maximum Gasteiger partial charge on any atom is 0.416 e. The van der Waals surface area contributed by atoms with Crippen LogP contribution < -0.4 is 4.31 Å². The zero-order valence-corrected chi connectivity index (χ0v) is 15.2. The molecule has 28 heavy (non-hydrogen) atoms. The number of anilines is 1. The molecule has 0 saturated carbocycles. The molecule has 0 aromatic heterocycles. The van der Waals surface area contributed by atoms with E-state index < -0.39 is 50.4 Å². The summed E-state index contributed by atoms with van der Waals surface area (Å²) in [5.41, 5.74) is -3.97. The minimum atomic E-state index is -5.09. The first kappa shape index (κ1) is 22.1. The molecule has 1 aliphatic heterocycles. The van der Waals surface area contributed by atoms with Crippen molar-refractivity contribution >= 4 is 21.7 Å². The predicted molar refractivity (Wildman–Crippen MR) is 86.9 cm³/mol. The topological polar surface area (TPSA) is 63.7 Å². The second-order valence-electron chi connectivity index (χ2n) is 5.82. The summed E-state index contributed by atoms with van der Waals surface area (Å²) in [5.74, 6) is -0.811. The van der Waals surface area contributed by atoms with Gasteiger partial charge in [-0.1, -0.05) is 6.08 Å². The molecule has 1 heterocycles. The average molecular weight is 431 g/mol. The summed E-state index contributed by atoms with van der Waals surface area (Å²) in [6.07, 6.45) is -8.44. The predicted octanol–water partition coefficient (Wildman–Crippen LogP) is 3.75. The third-order valence-electron chi connectivity index (χ3n) is 3.90. The molecule has 0 spiro atoms. The van der Waals surface area contributed by atoms with Crippen LogP contribution in [-0.4, -0.2) is 32.8 Å². The molecule has 0 N–H and O–H groups in total. The van der Waals surface area contributed by atoms with Gasteiger partial charge in [-0.3, -0.25) is 4.31 Å². The zero-order chi connectivity index (χ0) is 21.3. The van der Waals surface area contributed by atoms with Crippen LogP contribution in [-0.2, 0) is 31.9 Å². The zero-order valence-electron chi connectivity index (χ0n) is 14.3. The summed E-state index contributed by atoms with van der Waals surface area (Å²) in [4.78, 5) is 11.3. The van der Waals surface area contributed by atoms with Crippen LogP contribution in [0.5, 0.6) is 0 Å². The highest BCUT2D eigenvalue weighted by molar-refractivity contribution is 7.93. The van der Waals surface area contributed by atoms with Crippen LogP contribution >= 0.6 is 0 Å². The third-order valence-corrected chi connectivity index (χ3v) is 6.07. The van der Waals surface area contributed by atoms with E-state index in [-0.39, 0.29) is 25.6 Å². The van der Waals surface area contributed by atoms with Crippen molar-refractivity contribution in [2.24, 2.45) is 0 Å². The van der Waals surface area contributed by atoms with E-state index >= 15 is 0 Å². The fraction of sp³-hybridized carbons (Fsp3) is 0.438. The van der Waals surface area contributed by atoms with Gasteiger partial charge >= 0.3 is 18.3 Å². The molecule has 2 rings (SSSR count). The van der Waals surface area contributed by atoms with Gasteiger partial charge < -0.3 is 4.74 Å². The van der Waals surface area contributed by atoms with E-state index in [0.717, 1.165) is 12.2 Å². The smallest absolute Gasteiger partial charge is 0.416 e. The molecule has 0 bridgehead atoms. The highest BCUT2D eigenvalue weighted by atomic mass is 32.2. The fourth-order valence-electron chi connectivity index (χ4n) is 2.61. The van der Waals surface area contributed by atoms with Crippen molar-refractivity contribution in [2.45, 2.75) is 30.9 Å². The minimum Gasteiger partial charge on any atom is -0.463 e. The number of esters is 1. The lowest BCUT2D eigenvalue weighted by Crippen LogP contribution is -2.29. The first-order valence-corrected chi connectivity index (χ1v) is 9.43. The van der Waals surface area contributed by atoms with Gasteiger partial charge in [0, 0.05) is 12.6 Å². The van der Waals surface area contributed by atoms with Gasteiger partial charge in [0.25, 0.3) is 0 Å². The Morgan fingerprint density at radius 3 is 2.14 bits per heavy atom. The monoisotopic (exact) mass is 431 g/mol. The molecular weight excluding hydrogens is 416 g/mol. The Balaban J connectivity index is 2.44. The highest BCUT2D eigenvalue weighted by Crippen LogP contribution is 2.40. The van der Waals surface area contributed by atoms with Crippen molar-refractivity contribution in [1.29, 1.82) is 0 Å². The van der Waals surface area contributed by atoms with E-state index in [1.54, 1.807) is 0 Å². The van der Waals surface area contributed by atoms with Crippen LogP contribution in [0.3, 0.4) is 0 Å². The van der Waals surface area contributed by atoms with Crippen LogP contribution in [0.15, 0.2) is 30.4 Å². The van der Waals surface area contributed by atoms with Crippen LogP contribution in [0.2, 0.25) is 0 Å². The summed E-state index contributed by atoms with van der Waals surface area (Å²) in [6, 6.07) is 0.624. The van der Waals surface area contributed by atoms with E-state index in [1.807, 2.05) is 0 Å². The maximum absolute atomic E-state index is 13.0. The molecule has 1 atom stereocenters. The number of alkyl halides is 6. The van der Waals surface area contributed by atoms with Crippen LogP contribution in [0.4, 0.5) is 32.0 Å². The molecule has 1 fully saturated rings. The van der Waals surface area contributed by atoms with Crippen molar-refractivity contribution in [3.05, 3.63) is 41.5 Å². The molecule has 5 nitrogen and oxygen atoms in total. The lowest BCUT2D eigenvalue weighted by Gasteiger charge is -2.21. The quantitative estimate of drug-likeness (QED) is 0.414. The molecule has 1 aromatic rings. The SMILES string of the molecule is CCOC(=O)/C=C/C1CCN(c2cc(C(F)(F)F)cc(C(F)(F)F)c2)S1(=O)=O. The van der Waals surface area contributed by atoms with Gasteiger partial charge in [0.2, 0.25) is 10.0 Å². The van der Waals surface area contributed by atoms with E-state index in [1.165, 1.54) is 6.92 Å². The molecule has 0 aliphatic carbocycles. The Morgan fingerprint density at radius 2 is 1.68 bits per heavy atom. The van der Waals surface area contributed by atoms with E-state index in [2.05, 4.69) is 4.74 Å². The Bertz CT molecular complexity index is 844. The third kappa shape index (κ3) is 4.78. The van der Waals surface area contributed by atoms with Crippen molar-refractivity contribution in [3.8, 4) is 0 Å². The van der Waals surface area contributed by atoms with Crippen LogP contribution in [0.25, 0.3) is 0 Å². The largest absolute Gasteiger partial charge is 0.463 e. The van der Waals surface area contributed by atoms with Crippen LogP contribution in [0, 0.1) is 0 Å². The molecule has 1 aromatic carbocycles. The number of halogens is 6. The maximum atomic E-state index is 13.0. The first-order valence-electron chi connectivity index (χ1n) is 7.93. The molecular formula is C16H15F6NO4S. The number of carbonyl (C=O) groups excluding carboxylic acids is 1. The lowest BCUT2D eigenvalue weighted by atomic mass is 10.1. The van der Waals surface area contributed by atoms with E-state index in [9.17, 15) is 39.6 Å². The second-order valence-corrected chi connectivity index (χ2v) is 7.90. The number of carbonyl (C=O) groups is 1. The highest BCUT2D eigenvalue weighted by Gasteiger charge is 2.41. The minimum absolute atomic E-state index is 0.0527. The second kappa shape index (κ2) is 7.64. The number of hydrogen-bond donors (Lipinski definition) is 0. The van der Waals surface area contributed by atoms with Gasteiger partial charge in [0.05, 0.1) is 23.4 Å². The Morgan fingerprint density at radius 1 is 1.14 bits per heavy atom. The summed E-state index contributed by atoms with van der Waals surface area (Å²) in [7, 11) is -4.31. The molecule has 0 radical (unpaired) electrons. The molecule has 1 aliphatic rings. The number of hydrogen-bond acceptors (Lipinski definition) is 4. The number of rotatable bonds is 4. The average Bonchev–Trinajstić information content (AvgIpc) is 2.85. The Labute approximate surface area is 156 Å². The van der Waals surface area contributed by atoms with Gasteiger partial charge in [0.15, 0.2) is 0 Å². The first-order chi connectivity index (χ1) is 12.8. The lowest BCUT2D eigenvalue weighted by molar-refractivity contribution is -0.143. The summed E-state index contributed by atoms with van der Waals surface area (Å²) >= 11 is 0. The standard InChI is InChI=1S/C16H15F6NO4S/c1-2-27-14(24)4-3-13-5-6-23(28(13,25)26)12-8-10(15(17,18)19)7-11(9-12)16(20,21)22/h3-4,7-9,13H,2,5-6H2,1H3/b4-3+. The van der Waals surface area contributed by atoms with E-state index in [4.69, 9.17) is 0 Å². The Hall–Kier alpha value is -2.24. The van der Waals surface area contributed by atoms with Gasteiger partial charge in [-0.15, -0.1) is 0 Å². The van der Waals surface area contributed by atoms with Crippen molar-refractivity contribution in [2.75, 3.05) is 17.5 Å². The molecule has 12 heteroatoms. The molecule has 0 amide bonds. The normalized spacial score (nSPS) is 20.0. The summed E-state index contributed by atoms with van der Waals surface area (Å²) in [5, 5.41) is -1.28. The number of ether oxygens (including phenoxy) is 1. The van der Waals surface area contributed by atoms with Gasteiger partial charge in [-0.05, 0) is 31.5 Å². The van der Waals surface area contributed by atoms with Gasteiger partial charge in [0.1, 0.15) is 5.25 Å². The van der Waals surface area contributed by atoms with Crippen molar-refractivity contribution < 1.29 is 44.3 Å². The van der Waals surface area contributed by atoms with Crippen molar-refractivity contribution in [1.82, 2.24) is 0 Å². The number of benzene rings is 1. The number of nitrogens with zero attached hydrogens (tertiary/aromatic N) is 1. The molecule has 1 unspecified atom stereocenters. The summed E-state index contributed by atoms with van der Waals surface area (Å²) in [6.45, 7) is 1.25. The fourth-order valence-corrected chi connectivity index (χ4v) is 4.38. The van der Waals surface area contributed by atoms with Gasteiger partial charge in [-0.25, -0.2) is 13.2 Å². The molecule has 1 saturated heterocycles. The van der Waals surface area contributed by atoms with Crippen molar-refractivity contribution in [3.63, 3.8) is 0 Å². The molecule has 156 valence electrons. The Kier molecular flexibility index (Phi) is 6.02. The van der Waals surface area contributed by atoms with E-state index in [0.29, 0.717) is 16.4 Å².